The Morgan fingerprint density at radius 1 is 1.35 bits per heavy atom. The molecule has 1 amide bonds. The van der Waals surface area contributed by atoms with Crippen molar-refractivity contribution in [2.24, 2.45) is 5.92 Å². The fourth-order valence-corrected chi connectivity index (χ4v) is 3.14. The zero-order valence-electron chi connectivity index (χ0n) is 11.0. The van der Waals surface area contributed by atoms with E-state index in [0.717, 1.165) is 10.6 Å². The van der Waals surface area contributed by atoms with E-state index in [2.05, 4.69) is 10.3 Å². The number of nitrogens with one attached hydrogen (secondary N) is 1. The quantitative estimate of drug-likeness (QED) is 0.890. The first-order chi connectivity index (χ1) is 9.49. The first-order valence-electron chi connectivity index (χ1n) is 6.01. The van der Waals surface area contributed by atoms with Gasteiger partial charge in [-0.25, -0.2) is 9.78 Å². The molecule has 0 aliphatic rings. The molecule has 2 aromatic rings. The molecule has 0 aliphatic heterocycles. The van der Waals surface area contributed by atoms with Crippen molar-refractivity contribution in [2.75, 3.05) is 0 Å². The van der Waals surface area contributed by atoms with Crippen molar-refractivity contribution in [3.8, 4) is 10.6 Å². The molecule has 0 saturated carbocycles. The zero-order chi connectivity index (χ0) is 14.7. The summed E-state index contributed by atoms with van der Waals surface area (Å²) >= 11 is 2.93. The van der Waals surface area contributed by atoms with Crippen molar-refractivity contribution >= 4 is 34.6 Å². The lowest BCUT2D eigenvalue weighted by Crippen LogP contribution is -2.44. The summed E-state index contributed by atoms with van der Waals surface area (Å²) in [7, 11) is 0. The van der Waals surface area contributed by atoms with Crippen LogP contribution >= 0.6 is 22.7 Å². The van der Waals surface area contributed by atoms with Crippen molar-refractivity contribution in [1.82, 2.24) is 10.3 Å². The summed E-state index contributed by atoms with van der Waals surface area (Å²) in [5, 5.41) is 17.9. The minimum atomic E-state index is -1.04. The molecule has 106 valence electrons. The number of amides is 1. The Morgan fingerprint density at radius 3 is 2.65 bits per heavy atom. The van der Waals surface area contributed by atoms with Crippen LogP contribution in [0.2, 0.25) is 0 Å². The van der Waals surface area contributed by atoms with Gasteiger partial charge in [0, 0.05) is 16.3 Å². The van der Waals surface area contributed by atoms with Crippen LogP contribution < -0.4 is 5.32 Å². The van der Waals surface area contributed by atoms with Gasteiger partial charge >= 0.3 is 5.97 Å². The number of rotatable bonds is 5. The molecule has 0 spiro atoms. The van der Waals surface area contributed by atoms with Crippen molar-refractivity contribution in [1.29, 1.82) is 0 Å². The van der Waals surface area contributed by atoms with Gasteiger partial charge in [0.2, 0.25) is 0 Å². The second kappa shape index (κ2) is 6.15. The molecule has 7 heteroatoms. The lowest BCUT2D eigenvalue weighted by Gasteiger charge is -2.16. The summed E-state index contributed by atoms with van der Waals surface area (Å²) in [5.74, 6) is -1.68. The van der Waals surface area contributed by atoms with Crippen LogP contribution in [0, 0.1) is 5.92 Å². The molecule has 2 N–H and O–H groups in total. The molecule has 2 aromatic heterocycles. The molecule has 0 saturated heterocycles. The average Bonchev–Trinajstić information content (AvgIpc) is 3.04. The van der Waals surface area contributed by atoms with E-state index in [9.17, 15) is 9.59 Å². The highest BCUT2D eigenvalue weighted by Crippen LogP contribution is 2.25. The van der Waals surface area contributed by atoms with E-state index in [1.54, 1.807) is 30.6 Å². The number of aromatic nitrogens is 1. The third-order valence-electron chi connectivity index (χ3n) is 2.72. The SMILES string of the molecule is CC(C)C(NC(=O)c1csc(-c2ccsc2)n1)C(=O)O. The Morgan fingerprint density at radius 2 is 2.10 bits per heavy atom. The Bertz CT molecular complexity index is 605. The van der Waals surface area contributed by atoms with Gasteiger partial charge in [-0.1, -0.05) is 13.8 Å². The second-order valence-electron chi connectivity index (χ2n) is 4.58. The number of hydrogen-bond acceptors (Lipinski definition) is 5. The van der Waals surface area contributed by atoms with Crippen molar-refractivity contribution in [3.63, 3.8) is 0 Å². The van der Waals surface area contributed by atoms with E-state index in [-0.39, 0.29) is 11.6 Å². The third kappa shape index (κ3) is 3.23. The summed E-state index contributed by atoms with van der Waals surface area (Å²) < 4.78 is 0. The van der Waals surface area contributed by atoms with E-state index < -0.39 is 17.9 Å². The highest BCUT2D eigenvalue weighted by molar-refractivity contribution is 7.14. The van der Waals surface area contributed by atoms with Gasteiger partial charge in [-0.15, -0.1) is 11.3 Å². The van der Waals surface area contributed by atoms with Gasteiger partial charge in [-0.2, -0.15) is 11.3 Å². The van der Waals surface area contributed by atoms with Gasteiger partial charge in [0.25, 0.3) is 5.91 Å². The molecule has 0 radical (unpaired) electrons. The number of carbonyl (C=O) groups is 2. The van der Waals surface area contributed by atoms with Gasteiger partial charge in [0.05, 0.1) is 0 Å². The maximum atomic E-state index is 12.0. The Balaban J connectivity index is 2.12. The summed E-state index contributed by atoms with van der Waals surface area (Å²) in [4.78, 5) is 27.3. The second-order valence-corrected chi connectivity index (χ2v) is 6.22. The van der Waals surface area contributed by atoms with Crippen molar-refractivity contribution in [2.45, 2.75) is 19.9 Å². The van der Waals surface area contributed by atoms with Crippen LogP contribution in [0.5, 0.6) is 0 Å². The van der Waals surface area contributed by atoms with Gasteiger partial charge in [0.1, 0.15) is 16.7 Å². The maximum absolute atomic E-state index is 12.0. The molecule has 0 aliphatic carbocycles. The first kappa shape index (κ1) is 14.7. The Hall–Kier alpha value is -1.73. The van der Waals surface area contributed by atoms with Crippen molar-refractivity contribution < 1.29 is 14.7 Å². The zero-order valence-corrected chi connectivity index (χ0v) is 12.6. The number of thiazole rings is 1. The summed E-state index contributed by atoms with van der Waals surface area (Å²) in [5.41, 5.74) is 1.22. The summed E-state index contributed by atoms with van der Waals surface area (Å²) in [6.45, 7) is 3.49. The number of thiophene rings is 1. The predicted octanol–water partition coefficient (Wildman–Crippen LogP) is 2.71. The van der Waals surface area contributed by atoms with Crippen LogP contribution in [0.25, 0.3) is 10.6 Å². The fourth-order valence-electron chi connectivity index (χ4n) is 1.63. The number of aliphatic carboxylic acids is 1. The van der Waals surface area contributed by atoms with Crippen LogP contribution in [-0.2, 0) is 4.79 Å². The molecule has 20 heavy (non-hydrogen) atoms. The number of hydrogen-bond donors (Lipinski definition) is 2. The topological polar surface area (TPSA) is 79.3 Å². The lowest BCUT2D eigenvalue weighted by molar-refractivity contribution is -0.140. The molecule has 0 bridgehead atoms. The van der Waals surface area contributed by atoms with Crippen LogP contribution in [0.1, 0.15) is 24.3 Å². The molecule has 1 atom stereocenters. The Kier molecular flexibility index (Phi) is 4.51. The molecule has 1 unspecified atom stereocenters. The van der Waals surface area contributed by atoms with Crippen LogP contribution in [0.15, 0.2) is 22.2 Å². The summed E-state index contributed by atoms with van der Waals surface area (Å²) in [6, 6.07) is 1.02. The lowest BCUT2D eigenvalue weighted by atomic mass is 10.0. The molecular formula is C13H14N2O3S2. The summed E-state index contributed by atoms with van der Waals surface area (Å²) in [6.07, 6.45) is 0. The number of carboxylic acid groups (broad SMARTS) is 1. The largest absolute Gasteiger partial charge is 0.480 e. The monoisotopic (exact) mass is 310 g/mol. The standard InChI is InChI=1S/C13H14N2O3S2/c1-7(2)10(13(17)18)15-11(16)9-6-20-12(14-9)8-3-4-19-5-8/h3-7,10H,1-2H3,(H,15,16)(H,17,18). The van der Waals surface area contributed by atoms with Gasteiger partial charge < -0.3 is 10.4 Å². The average molecular weight is 310 g/mol. The molecule has 2 heterocycles. The number of nitrogens with zero attached hydrogens (tertiary/aromatic N) is 1. The van der Waals surface area contributed by atoms with E-state index >= 15 is 0 Å². The van der Waals surface area contributed by atoms with Crippen molar-refractivity contribution in [3.05, 3.63) is 27.9 Å². The third-order valence-corrected chi connectivity index (χ3v) is 4.30. The van der Waals surface area contributed by atoms with Gasteiger partial charge in [-0.05, 0) is 17.4 Å². The van der Waals surface area contributed by atoms with E-state index in [0.29, 0.717) is 0 Å². The first-order valence-corrected chi connectivity index (χ1v) is 7.83. The van der Waals surface area contributed by atoms with Crippen LogP contribution in [-0.4, -0.2) is 28.0 Å². The van der Waals surface area contributed by atoms with E-state index in [1.165, 1.54) is 11.3 Å². The van der Waals surface area contributed by atoms with Gasteiger partial charge in [0.15, 0.2) is 0 Å². The number of carbonyl (C=O) groups excluding carboxylic acids is 1. The highest BCUT2D eigenvalue weighted by atomic mass is 32.1. The molecule has 2 rings (SSSR count). The van der Waals surface area contributed by atoms with Crippen LogP contribution in [0.4, 0.5) is 0 Å². The predicted molar refractivity (Wildman–Crippen MR) is 79.2 cm³/mol. The minimum Gasteiger partial charge on any atom is -0.480 e. The van der Waals surface area contributed by atoms with Crippen LogP contribution in [0.3, 0.4) is 0 Å². The Labute approximate surface area is 124 Å². The smallest absolute Gasteiger partial charge is 0.326 e. The minimum absolute atomic E-state index is 0.188. The highest BCUT2D eigenvalue weighted by Gasteiger charge is 2.25. The molecule has 0 fully saturated rings. The van der Waals surface area contributed by atoms with Gasteiger partial charge in [-0.3, -0.25) is 4.79 Å². The number of carboxylic acids is 1. The molecular weight excluding hydrogens is 296 g/mol. The van der Waals surface area contributed by atoms with E-state index in [4.69, 9.17) is 5.11 Å². The molecule has 0 aromatic carbocycles. The maximum Gasteiger partial charge on any atom is 0.326 e. The fraction of sp³-hybridized carbons (Fsp3) is 0.308. The normalized spacial score (nSPS) is 12.3. The van der Waals surface area contributed by atoms with E-state index in [1.807, 2.05) is 16.8 Å². The molecule has 5 nitrogen and oxygen atoms in total.